The van der Waals surface area contributed by atoms with E-state index in [1.54, 1.807) is 4.90 Å². The molecule has 3 aromatic carbocycles. The van der Waals surface area contributed by atoms with E-state index in [1.165, 1.54) is 0 Å². The van der Waals surface area contributed by atoms with Crippen LogP contribution in [0.2, 0.25) is 0 Å². The Balaban J connectivity index is 1.60. The van der Waals surface area contributed by atoms with Crippen molar-refractivity contribution in [1.29, 1.82) is 0 Å². The van der Waals surface area contributed by atoms with Crippen molar-refractivity contribution in [3.63, 3.8) is 0 Å². The number of hydrogen-bond donors (Lipinski definition) is 1. The molecule has 5 rings (SSSR count). The Kier molecular flexibility index (Phi) is 5.72. The molecule has 0 spiro atoms. The summed E-state index contributed by atoms with van der Waals surface area (Å²) >= 11 is 0. The highest BCUT2D eigenvalue weighted by atomic mass is 16.5. The summed E-state index contributed by atoms with van der Waals surface area (Å²) < 4.78 is 5.78. The van der Waals surface area contributed by atoms with Crippen LogP contribution in [0.15, 0.2) is 89.1 Å². The van der Waals surface area contributed by atoms with E-state index in [9.17, 15) is 4.79 Å². The second kappa shape index (κ2) is 8.98. The third-order valence-corrected chi connectivity index (χ3v) is 6.12. The predicted molar refractivity (Wildman–Crippen MR) is 132 cm³/mol. The average Bonchev–Trinajstić information content (AvgIpc) is 3.32. The Labute approximate surface area is 198 Å². The van der Waals surface area contributed by atoms with Crippen LogP contribution in [-0.2, 0) is 6.54 Å². The molecule has 1 unspecified atom stereocenters. The van der Waals surface area contributed by atoms with Crippen LogP contribution in [0.25, 0.3) is 17.0 Å². The molecule has 4 aromatic rings. The number of carbonyl (C=O) groups excluding carboxylic acids is 1. The summed E-state index contributed by atoms with van der Waals surface area (Å²) in [4.78, 5) is 19.7. The number of carbonyl (C=O) groups is 1. The van der Waals surface area contributed by atoms with E-state index >= 15 is 0 Å². The van der Waals surface area contributed by atoms with Crippen LogP contribution in [0.1, 0.15) is 41.1 Å². The highest BCUT2D eigenvalue weighted by molar-refractivity contribution is 5.86. The van der Waals surface area contributed by atoms with E-state index < -0.39 is 6.04 Å². The number of amides is 2. The van der Waals surface area contributed by atoms with Crippen LogP contribution >= 0.6 is 0 Å². The lowest BCUT2D eigenvalue weighted by Crippen LogP contribution is -2.45. The molecule has 0 saturated carbocycles. The lowest BCUT2D eigenvalue weighted by molar-refractivity contribution is 0.203. The minimum Gasteiger partial charge on any atom is -0.334 e. The van der Waals surface area contributed by atoms with Gasteiger partial charge in [0.25, 0.3) is 5.89 Å². The van der Waals surface area contributed by atoms with Gasteiger partial charge in [-0.2, -0.15) is 4.98 Å². The number of hydrogen-bond acceptors (Lipinski definition) is 4. The molecule has 2 amide bonds. The van der Waals surface area contributed by atoms with Crippen LogP contribution in [0.5, 0.6) is 0 Å². The molecule has 0 aliphatic carbocycles. The van der Waals surface area contributed by atoms with Gasteiger partial charge >= 0.3 is 6.03 Å². The van der Waals surface area contributed by atoms with Crippen molar-refractivity contribution in [2.75, 3.05) is 0 Å². The second-order valence-electron chi connectivity index (χ2n) is 8.66. The monoisotopic (exact) mass is 450 g/mol. The van der Waals surface area contributed by atoms with Gasteiger partial charge in [0.2, 0.25) is 5.82 Å². The molecule has 0 fully saturated rings. The number of urea groups is 1. The fraction of sp³-hybridized carbons (Fsp3) is 0.179. The smallest absolute Gasteiger partial charge is 0.322 e. The zero-order valence-electron chi connectivity index (χ0n) is 19.4. The lowest BCUT2D eigenvalue weighted by atomic mass is 9.94. The maximum absolute atomic E-state index is 13.2. The first-order valence-electron chi connectivity index (χ1n) is 11.3. The molecule has 0 saturated heterocycles. The Morgan fingerprint density at radius 3 is 2.41 bits per heavy atom. The molecule has 1 N–H and O–H groups in total. The maximum atomic E-state index is 13.2. The van der Waals surface area contributed by atoms with Crippen LogP contribution in [0.3, 0.4) is 0 Å². The maximum Gasteiger partial charge on any atom is 0.322 e. The first-order chi connectivity index (χ1) is 16.5. The van der Waals surface area contributed by atoms with Crippen molar-refractivity contribution in [3.05, 3.63) is 113 Å². The normalized spacial score (nSPS) is 16.0. The predicted octanol–water partition coefficient (Wildman–Crippen LogP) is 6.05. The molecule has 0 radical (unpaired) electrons. The SMILES string of the molecule is CC1=C(c2nc(-c3cccc(C)c3)no2)C(c2ccc(C)cc2)NC(=O)N1Cc1ccccc1. The summed E-state index contributed by atoms with van der Waals surface area (Å²) in [5, 5.41) is 7.42. The van der Waals surface area contributed by atoms with E-state index in [1.807, 2.05) is 99.6 Å². The van der Waals surface area contributed by atoms with Gasteiger partial charge in [-0.05, 0) is 38.0 Å². The van der Waals surface area contributed by atoms with Crippen LogP contribution in [-0.4, -0.2) is 21.1 Å². The largest absolute Gasteiger partial charge is 0.334 e. The number of benzene rings is 3. The fourth-order valence-electron chi connectivity index (χ4n) is 4.26. The Morgan fingerprint density at radius 1 is 0.912 bits per heavy atom. The minimum absolute atomic E-state index is 0.158. The van der Waals surface area contributed by atoms with Gasteiger partial charge in [-0.25, -0.2) is 4.79 Å². The highest BCUT2D eigenvalue weighted by Crippen LogP contribution is 2.38. The Bertz CT molecular complexity index is 1360. The van der Waals surface area contributed by atoms with E-state index in [0.29, 0.717) is 18.3 Å². The van der Waals surface area contributed by atoms with Crippen molar-refractivity contribution >= 4 is 11.6 Å². The van der Waals surface area contributed by atoms with Gasteiger partial charge in [0.05, 0.1) is 18.2 Å². The summed E-state index contributed by atoms with van der Waals surface area (Å²) in [5.41, 5.74) is 6.75. The van der Waals surface area contributed by atoms with E-state index in [-0.39, 0.29) is 6.03 Å². The van der Waals surface area contributed by atoms with E-state index in [2.05, 4.69) is 10.5 Å². The molecule has 1 aromatic heterocycles. The molecular formula is C28H26N4O2. The van der Waals surface area contributed by atoms with Gasteiger partial charge in [0.1, 0.15) is 0 Å². The molecule has 170 valence electrons. The number of nitrogens with one attached hydrogen (secondary N) is 1. The lowest BCUT2D eigenvalue weighted by Gasteiger charge is -2.35. The van der Waals surface area contributed by atoms with Crippen molar-refractivity contribution in [1.82, 2.24) is 20.4 Å². The first kappa shape index (κ1) is 21.6. The number of rotatable bonds is 5. The summed E-state index contributed by atoms with van der Waals surface area (Å²) in [6, 6.07) is 25.5. The summed E-state index contributed by atoms with van der Waals surface area (Å²) in [6.07, 6.45) is 0. The standard InChI is InChI=1S/C28H26N4O2/c1-18-12-14-22(15-13-18)25-24(27-30-26(31-34-27)23-11-7-8-19(2)16-23)20(3)32(28(33)29-25)17-21-9-5-4-6-10-21/h4-16,25H,17H2,1-3H3,(H,29,33). The van der Waals surface area contributed by atoms with E-state index in [0.717, 1.165) is 39.1 Å². The molecule has 1 aliphatic rings. The molecule has 6 nitrogen and oxygen atoms in total. The zero-order chi connectivity index (χ0) is 23.7. The summed E-state index contributed by atoms with van der Waals surface area (Å²) in [5.74, 6) is 0.922. The topological polar surface area (TPSA) is 71.3 Å². The minimum atomic E-state index is -0.397. The van der Waals surface area contributed by atoms with Gasteiger partial charge in [-0.3, -0.25) is 4.90 Å². The number of aromatic nitrogens is 2. The van der Waals surface area contributed by atoms with Crippen LogP contribution < -0.4 is 5.32 Å². The first-order valence-corrected chi connectivity index (χ1v) is 11.3. The van der Waals surface area contributed by atoms with Gasteiger partial charge < -0.3 is 9.84 Å². The molecule has 6 heteroatoms. The molecule has 2 heterocycles. The summed E-state index contributed by atoms with van der Waals surface area (Å²) in [7, 11) is 0. The molecule has 34 heavy (non-hydrogen) atoms. The molecule has 1 atom stereocenters. The van der Waals surface area contributed by atoms with E-state index in [4.69, 9.17) is 9.51 Å². The second-order valence-corrected chi connectivity index (χ2v) is 8.66. The van der Waals surface area contributed by atoms with Crippen LogP contribution in [0.4, 0.5) is 4.79 Å². The van der Waals surface area contributed by atoms with Crippen molar-refractivity contribution < 1.29 is 9.32 Å². The van der Waals surface area contributed by atoms with Crippen LogP contribution in [0, 0.1) is 13.8 Å². The fourth-order valence-corrected chi connectivity index (χ4v) is 4.26. The quantitative estimate of drug-likeness (QED) is 0.402. The molecule has 0 bridgehead atoms. The molecular weight excluding hydrogens is 424 g/mol. The third kappa shape index (κ3) is 4.22. The Morgan fingerprint density at radius 2 is 1.68 bits per heavy atom. The highest BCUT2D eigenvalue weighted by Gasteiger charge is 2.35. The van der Waals surface area contributed by atoms with Gasteiger partial charge in [-0.1, -0.05) is 89.1 Å². The zero-order valence-corrected chi connectivity index (χ0v) is 19.4. The Hall–Kier alpha value is -4.19. The third-order valence-electron chi connectivity index (χ3n) is 6.12. The van der Waals surface area contributed by atoms with Gasteiger partial charge in [0, 0.05) is 11.3 Å². The summed E-state index contributed by atoms with van der Waals surface area (Å²) in [6.45, 7) is 6.46. The van der Waals surface area contributed by atoms with Crippen molar-refractivity contribution in [3.8, 4) is 11.4 Å². The number of nitrogens with zero attached hydrogens (tertiary/aromatic N) is 3. The van der Waals surface area contributed by atoms with Crippen molar-refractivity contribution in [2.24, 2.45) is 0 Å². The van der Waals surface area contributed by atoms with Gasteiger partial charge in [0.15, 0.2) is 0 Å². The average molecular weight is 451 g/mol. The van der Waals surface area contributed by atoms with Crippen molar-refractivity contribution in [2.45, 2.75) is 33.4 Å². The number of aryl methyl sites for hydroxylation is 2. The number of allylic oxidation sites excluding steroid dienone is 1. The van der Waals surface area contributed by atoms with Gasteiger partial charge in [-0.15, -0.1) is 0 Å². The molecule has 1 aliphatic heterocycles.